The van der Waals surface area contributed by atoms with Gasteiger partial charge < -0.3 is 15.1 Å². The van der Waals surface area contributed by atoms with Crippen LogP contribution in [0.2, 0.25) is 0 Å². The molecule has 1 aliphatic carbocycles. The lowest BCUT2D eigenvalue weighted by Crippen LogP contribution is -2.48. The predicted molar refractivity (Wildman–Crippen MR) is 76.8 cm³/mol. The van der Waals surface area contributed by atoms with E-state index in [0.29, 0.717) is 6.54 Å². The summed E-state index contributed by atoms with van der Waals surface area (Å²) in [6.45, 7) is 6.70. The second-order valence-electron chi connectivity index (χ2n) is 6.67. The minimum Gasteiger partial charge on any atom is -0.369 e. The van der Waals surface area contributed by atoms with Crippen molar-refractivity contribution in [2.24, 2.45) is 11.3 Å². The summed E-state index contributed by atoms with van der Waals surface area (Å²) in [6, 6.07) is -0.441. The topological polar surface area (TPSA) is 70.7 Å². The first-order chi connectivity index (χ1) is 9.21. The summed E-state index contributed by atoms with van der Waals surface area (Å²) in [5.41, 5.74) is 2.07. The van der Waals surface area contributed by atoms with Gasteiger partial charge in [-0.3, -0.25) is 4.79 Å². The zero-order chi connectivity index (χ0) is 15.3. The molecule has 0 spiro atoms. The summed E-state index contributed by atoms with van der Waals surface area (Å²) >= 11 is 0. The van der Waals surface area contributed by atoms with E-state index in [9.17, 15) is 9.59 Å². The summed E-state index contributed by atoms with van der Waals surface area (Å²) in [7, 11) is 3.90. The first-order valence-electron chi connectivity index (χ1n) is 7.11. The molecule has 2 N–H and O–H groups in total. The van der Waals surface area contributed by atoms with Gasteiger partial charge in [0.2, 0.25) is 5.91 Å². The number of likely N-dealkylation sites (N-methyl/N-ethyl adjacent to an activating group) is 1. The number of hydroxylamine groups is 1. The Labute approximate surface area is 121 Å². The minimum atomic E-state index is -0.581. The van der Waals surface area contributed by atoms with E-state index in [1.54, 1.807) is 20.8 Å². The van der Waals surface area contributed by atoms with Gasteiger partial charge in [0.15, 0.2) is 0 Å². The van der Waals surface area contributed by atoms with E-state index >= 15 is 0 Å². The number of carbonyl (C=O) groups is 2. The summed E-state index contributed by atoms with van der Waals surface area (Å²) in [5.74, 6) is -0.192. The van der Waals surface area contributed by atoms with Crippen molar-refractivity contribution >= 4 is 11.9 Å². The maximum atomic E-state index is 12.1. The molecule has 0 aromatic rings. The highest BCUT2D eigenvalue weighted by atomic mass is 16.7. The molecular formula is C14H27N3O3. The molecule has 0 radical (unpaired) electrons. The maximum absolute atomic E-state index is 12.1. The van der Waals surface area contributed by atoms with E-state index < -0.39 is 11.5 Å². The second kappa shape index (κ2) is 7.04. The molecule has 20 heavy (non-hydrogen) atoms. The zero-order valence-electron chi connectivity index (χ0n) is 13.2. The number of nitrogens with one attached hydrogen (secondary N) is 2. The molecule has 0 bridgehead atoms. The lowest BCUT2D eigenvalue weighted by Gasteiger charge is -2.21. The van der Waals surface area contributed by atoms with Crippen molar-refractivity contribution in [2.45, 2.75) is 39.7 Å². The van der Waals surface area contributed by atoms with Gasteiger partial charge in [0.05, 0.1) is 5.41 Å². The number of rotatable bonds is 7. The fraction of sp³-hybridized carbons (Fsp3) is 0.857. The molecule has 1 aliphatic rings. The van der Waals surface area contributed by atoms with Crippen molar-refractivity contribution in [2.75, 3.05) is 27.2 Å². The third kappa shape index (κ3) is 5.88. The molecular weight excluding hydrogens is 258 g/mol. The Balaban J connectivity index is 2.40. The maximum Gasteiger partial charge on any atom is 0.330 e. The smallest absolute Gasteiger partial charge is 0.330 e. The van der Waals surface area contributed by atoms with Crippen molar-refractivity contribution in [1.82, 2.24) is 15.7 Å². The molecule has 0 aromatic carbocycles. The number of carbonyl (C=O) groups excluding carboxylic acids is 2. The summed E-state index contributed by atoms with van der Waals surface area (Å²) in [5, 5.41) is 2.86. The van der Waals surface area contributed by atoms with Crippen LogP contribution in [-0.4, -0.2) is 50.0 Å². The zero-order valence-corrected chi connectivity index (χ0v) is 13.2. The molecule has 0 aliphatic heterocycles. The van der Waals surface area contributed by atoms with Crippen molar-refractivity contribution in [1.29, 1.82) is 0 Å². The van der Waals surface area contributed by atoms with Crippen LogP contribution in [0.1, 0.15) is 33.6 Å². The van der Waals surface area contributed by atoms with E-state index in [1.165, 1.54) is 0 Å². The normalized spacial score (nSPS) is 16.9. The largest absolute Gasteiger partial charge is 0.369 e. The van der Waals surface area contributed by atoms with Crippen LogP contribution >= 0.6 is 0 Å². The van der Waals surface area contributed by atoms with Gasteiger partial charge in [-0.2, -0.15) is 0 Å². The molecule has 0 aromatic heterocycles. The summed E-state index contributed by atoms with van der Waals surface area (Å²) < 4.78 is 0. The molecule has 6 heteroatoms. The molecule has 6 nitrogen and oxygen atoms in total. The van der Waals surface area contributed by atoms with Gasteiger partial charge in [0.25, 0.3) is 0 Å². The Morgan fingerprint density at radius 3 is 2.35 bits per heavy atom. The molecule has 0 saturated heterocycles. The monoisotopic (exact) mass is 285 g/mol. The van der Waals surface area contributed by atoms with Crippen molar-refractivity contribution in [3.05, 3.63) is 0 Å². The van der Waals surface area contributed by atoms with Crippen LogP contribution in [-0.2, 0) is 14.4 Å². The molecule has 1 amide bonds. The van der Waals surface area contributed by atoms with Crippen LogP contribution in [0.3, 0.4) is 0 Å². The third-order valence-electron chi connectivity index (χ3n) is 3.13. The second-order valence-corrected chi connectivity index (χ2v) is 6.67. The van der Waals surface area contributed by atoms with E-state index in [1.807, 2.05) is 19.0 Å². The van der Waals surface area contributed by atoms with Gasteiger partial charge in [0, 0.05) is 13.1 Å². The van der Waals surface area contributed by atoms with Gasteiger partial charge in [-0.1, -0.05) is 0 Å². The van der Waals surface area contributed by atoms with Crippen LogP contribution < -0.4 is 10.8 Å². The van der Waals surface area contributed by atoms with Crippen LogP contribution in [0, 0.1) is 11.3 Å². The Bertz CT molecular complexity index is 346. The Kier molecular flexibility index (Phi) is 5.95. The fourth-order valence-corrected chi connectivity index (χ4v) is 1.58. The predicted octanol–water partition coefficient (Wildman–Crippen LogP) is 0.537. The van der Waals surface area contributed by atoms with Gasteiger partial charge in [-0.15, -0.1) is 5.48 Å². The van der Waals surface area contributed by atoms with Crippen LogP contribution in [0.4, 0.5) is 0 Å². The molecule has 116 valence electrons. The van der Waals surface area contributed by atoms with Gasteiger partial charge >= 0.3 is 5.97 Å². The first kappa shape index (κ1) is 16.9. The first-order valence-corrected chi connectivity index (χ1v) is 7.11. The fourth-order valence-electron chi connectivity index (χ4n) is 1.58. The number of hydrogen-bond acceptors (Lipinski definition) is 5. The molecule has 1 fully saturated rings. The van der Waals surface area contributed by atoms with E-state index in [0.717, 1.165) is 19.4 Å². The molecule has 1 atom stereocenters. The standard InChI is InChI=1S/C14H27N3O3/c1-14(2,3)13(19)20-16-11(10-6-7-10)12(18)15-8-9-17(4)5/h10-11,16H,6-9H2,1-5H3,(H,15,18)/t11-/m0/s1. The average molecular weight is 285 g/mol. The average Bonchev–Trinajstić information content (AvgIpc) is 3.11. The van der Waals surface area contributed by atoms with Gasteiger partial charge in [-0.25, -0.2) is 4.79 Å². The lowest BCUT2D eigenvalue weighted by molar-refractivity contribution is -0.164. The number of nitrogens with zero attached hydrogens (tertiary/aromatic N) is 1. The minimum absolute atomic E-state index is 0.101. The van der Waals surface area contributed by atoms with Gasteiger partial charge in [-0.05, 0) is 53.6 Å². The Morgan fingerprint density at radius 2 is 1.90 bits per heavy atom. The van der Waals surface area contributed by atoms with Crippen molar-refractivity contribution < 1.29 is 14.4 Å². The highest BCUT2D eigenvalue weighted by Crippen LogP contribution is 2.32. The van der Waals surface area contributed by atoms with Crippen molar-refractivity contribution in [3.8, 4) is 0 Å². The lowest BCUT2D eigenvalue weighted by atomic mass is 9.98. The van der Waals surface area contributed by atoms with E-state index in [4.69, 9.17) is 4.84 Å². The number of hydrogen-bond donors (Lipinski definition) is 2. The van der Waals surface area contributed by atoms with Crippen LogP contribution in [0.15, 0.2) is 0 Å². The molecule has 1 saturated carbocycles. The summed E-state index contributed by atoms with van der Waals surface area (Å²) in [6.07, 6.45) is 1.98. The third-order valence-corrected chi connectivity index (χ3v) is 3.13. The van der Waals surface area contributed by atoms with Crippen LogP contribution in [0.25, 0.3) is 0 Å². The van der Waals surface area contributed by atoms with Crippen LogP contribution in [0.5, 0.6) is 0 Å². The Hall–Kier alpha value is -1.14. The highest BCUT2D eigenvalue weighted by molar-refractivity contribution is 5.82. The van der Waals surface area contributed by atoms with Gasteiger partial charge in [0.1, 0.15) is 6.04 Å². The summed E-state index contributed by atoms with van der Waals surface area (Å²) in [4.78, 5) is 30.9. The quantitative estimate of drug-likeness (QED) is 0.668. The Morgan fingerprint density at radius 1 is 1.30 bits per heavy atom. The molecule has 0 unspecified atom stereocenters. The van der Waals surface area contributed by atoms with E-state index in [2.05, 4.69) is 10.8 Å². The van der Waals surface area contributed by atoms with Crippen molar-refractivity contribution in [3.63, 3.8) is 0 Å². The number of amides is 1. The highest BCUT2D eigenvalue weighted by Gasteiger charge is 2.37. The molecule has 0 heterocycles. The SMILES string of the molecule is CN(C)CCNC(=O)[C@@H](NOC(=O)C(C)(C)C)C1CC1. The molecule has 1 rings (SSSR count). The van der Waals surface area contributed by atoms with E-state index in [-0.39, 0.29) is 17.8 Å².